The quantitative estimate of drug-likeness (QED) is 0.664. The maximum absolute atomic E-state index is 10.3. The minimum Gasteiger partial charge on any atom is -0.491 e. The van der Waals surface area contributed by atoms with E-state index in [4.69, 9.17) is 4.74 Å². The number of hydrogen-bond acceptors (Lipinski definition) is 5. The molecule has 0 bridgehead atoms. The van der Waals surface area contributed by atoms with Crippen LogP contribution in [-0.4, -0.2) is 61.2 Å². The highest BCUT2D eigenvalue weighted by Crippen LogP contribution is 2.31. The lowest BCUT2D eigenvalue weighted by atomic mass is 10.2. The lowest BCUT2D eigenvalue weighted by Crippen LogP contribution is -2.49. The highest BCUT2D eigenvalue weighted by molar-refractivity contribution is 7.99. The second-order valence-corrected chi connectivity index (χ2v) is 8.02. The van der Waals surface area contributed by atoms with Crippen LogP contribution in [0.5, 0.6) is 5.75 Å². The maximum atomic E-state index is 10.3. The normalized spacial score (nSPS) is 16.3. The lowest BCUT2D eigenvalue weighted by Gasteiger charge is -2.37. The number of para-hydroxylation sites is 2. The molecule has 0 amide bonds. The van der Waals surface area contributed by atoms with Gasteiger partial charge in [-0.1, -0.05) is 37.3 Å². The molecule has 0 aromatic heterocycles. The Balaban J connectivity index is 1.45. The topological polar surface area (TPSA) is 35.9 Å². The molecule has 1 fully saturated rings. The van der Waals surface area contributed by atoms with Crippen molar-refractivity contribution in [2.45, 2.75) is 24.3 Å². The molecule has 5 heteroatoms. The molecule has 1 N–H and O–H groups in total. The molecule has 2 aromatic carbocycles. The first-order valence-electron chi connectivity index (χ1n) is 9.81. The van der Waals surface area contributed by atoms with Crippen molar-refractivity contribution in [2.75, 3.05) is 50.0 Å². The predicted octanol–water partition coefficient (Wildman–Crippen LogP) is 3.75. The van der Waals surface area contributed by atoms with E-state index in [0.29, 0.717) is 13.2 Å². The van der Waals surface area contributed by atoms with E-state index in [-0.39, 0.29) is 0 Å². The number of β-amino-alcohol motifs (C(OH)–C–C–N with tert-alkyl or cyclic N) is 1. The zero-order chi connectivity index (χ0) is 18.9. The first-order valence-corrected chi connectivity index (χ1v) is 10.8. The van der Waals surface area contributed by atoms with Crippen LogP contribution in [0.4, 0.5) is 5.69 Å². The van der Waals surface area contributed by atoms with Gasteiger partial charge in [0, 0.05) is 37.6 Å². The van der Waals surface area contributed by atoms with Gasteiger partial charge in [-0.15, -0.1) is 11.8 Å². The Hall–Kier alpha value is -1.69. The second kappa shape index (κ2) is 10.6. The van der Waals surface area contributed by atoms with Crippen LogP contribution >= 0.6 is 11.8 Å². The molecule has 1 heterocycles. The third-order valence-electron chi connectivity index (χ3n) is 4.69. The summed E-state index contributed by atoms with van der Waals surface area (Å²) in [5.41, 5.74) is 1.35. The van der Waals surface area contributed by atoms with Crippen LogP contribution in [0.15, 0.2) is 59.5 Å². The Morgan fingerprint density at radius 3 is 2.44 bits per heavy atom. The van der Waals surface area contributed by atoms with Crippen LogP contribution in [0, 0.1) is 0 Å². The fourth-order valence-corrected chi connectivity index (χ4v) is 4.23. The van der Waals surface area contributed by atoms with E-state index in [0.717, 1.165) is 37.7 Å². The molecule has 0 spiro atoms. The van der Waals surface area contributed by atoms with Crippen molar-refractivity contribution in [1.82, 2.24) is 4.90 Å². The van der Waals surface area contributed by atoms with Gasteiger partial charge in [-0.2, -0.15) is 0 Å². The molecule has 27 heavy (non-hydrogen) atoms. The number of rotatable bonds is 9. The largest absolute Gasteiger partial charge is 0.491 e. The summed E-state index contributed by atoms with van der Waals surface area (Å²) in [5, 5.41) is 10.3. The summed E-state index contributed by atoms with van der Waals surface area (Å²) in [6.07, 6.45) is 0.722. The number of ether oxygens (including phenoxy) is 1. The maximum Gasteiger partial charge on any atom is 0.119 e. The molecular weight excluding hydrogens is 356 g/mol. The van der Waals surface area contributed by atoms with Crippen LogP contribution in [0.25, 0.3) is 0 Å². The second-order valence-electron chi connectivity index (χ2n) is 6.88. The van der Waals surface area contributed by atoms with Crippen molar-refractivity contribution in [2.24, 2.45) is 0 Å². The fraction of sp³-hybridized carbons (Fsp3) is 0.455. The Kier molecular flexibility index (Phi) is 7.87. The van der Waals surface area contributed by atoms with Crippen LogP contribution < -0.4 is 9.64 Å². The molecule has 2 aromatic rings. The van der Waals surface area contributed by atoms with Crippen molar-refractivity contribution in [1.29, 1.82) is 0 Å². The molecule has 4 nitrogen and oxygen atoms in total. The Labute approximate surface area is 167 Å². The SMILES string of the molecule is CCCSc1ccccc1N1CCN(C[C@H](O)COc2ccccc2)CC1. The van der Waals surface area contributed by atoms with Crippen LogP contribution in [-0.2, 0) is 0 Å². The van der Waals surface area contributed by atoms with E-state index in [9.17, 15) is 5.11 Å². The Morgan fingerprint density at radius 2 is 1.70 bits per heavy atom. The van der Waals surface area contributed by atoms with Gasteiger partial charge in [0.1, 0.15) is 18.5 Å². The highest BCUT2D eigenvalue weighted by Gasteiger charge is 2.21. The fourth-order valence-electron chi connectivity index (χ4n) is 3.28. The standard InChI is InChI=1S/C22H30N2O2S/c1-2-16-27-22-11-7-6-10-21(22)24-14-12-23(13-15-24)17-19(25)18-26-20-8-4-3-5-9-20/h3-11,19,25H,2,12-18H2,1H3/t19-/m0/s1. The van der Waals surface area contributed by atoms with Crippen molar-refractivity contribution in [3.63, 3.8) is 0 Å². The number of benzene rings is 2. The Bertz CT molecular complexity index is 675. The third-order valence-corrected chi connectivity index (χ3v) is 5.96. The van der Waals surface area contributed by atoms with E-state index >= 15 is 0 Å². The van der Waals surface area contributed by atoms with Gasteiger partial charge in [0.05, 0.1) is 5.69 Å². The third kappa shape index (κ3) is 6.16. The first-order chi connectivity index (χ1) is 13.3. The minimum absolute atomic E-state index is 0.334. The summed E-state index contributed by atoms with van der Waals surface area (Å²) in [7, 11) is 0. The number of piperazine rings is 1. The smallest absolute Gasteiger partial charge is 0.119 e. The van der Waals surface area contributed by atoms with Crippen molar-refractivity contribution in [3.05, 3.63) is 54.6 Å². The van der Waals surface area contributed by atoms with Crippen LogP contribution in [0.3, 0.4) is 0 Å². The minimum atomic E-state index is -0.468. The Morgan fingerprint density at radius 1 is 1.00 bits per heavy atom. The molecule has 1 aliphatic heterocycles. The molecule has 0 aliphatic carbocycles. The van der Waals surface area contributed by atoms with Crippen LogP contribution in [0.2, 0.25) is 0 Å². The van der Waals surface area contributed by atoms with Crippen molar-refractivity contribution >= 4 is 17.4 Å². The molecular formula is C22H30N2O2S. The number of thioether (sulfide) groups is 1. The summed E-state index contributed by atoms with van der Waals surface area (Å²) in [4.78, 5) is 6.18. The highest BCUT2D eigenvalue weighted by atomic mass is 32.2. The van der Waals surface area contributed by atoms with Gasteiger partial charge in [-0.05, 0) is 36.4 Å². The average molecular weight is 387 g/mol. The molecule has 1 saturated heterocycles. The number of hydrogen-bond donors (Lipinski definition) is 1. The summed E-state index contributed by atoms with van der Waals surface area (Å²) >= 11 is 1.94. The summed E-state index contributed by atoms with van der Waals surface area (Å²) in [6, 6.07) is 18.4. The van der Waals surface area contributed by atoms with Gasteiger partial charge in [-0.25, -0.2) is 0 Å². The zero-order valence-electron chi connectivity index (χ0n) is 16.1. The van der Waals surface area contributed by atoms with Gasteiger partial charge >= 0.3 is 0 Å². The molecule has 3 rings (SSSR count). The predicted molar refractivity (Wildman–Crippen MR) is 114 cm³/mol. The van der Waals surface area contributed by atoms with Gasteiger partial charge in [0.25, 0.3) is 0 Å². The number of aliphatic hydroxyl groups is 1. The van der Waals surface area contributed by atoms with Crippen molar-refractivity contribution in [3.8, 4) is 5.75 Å². The first kappa shape index (κ1) is 20.1. The molecule has 1 atom stereocenters. The number of anilines is 1. The van der Waals surface area contributed by atoms with E-state index < -0.39 is 6.10 Å². The molecule has 0 saturated carbocycles. The van der Waals surface area contributed by atoms with E-state index in [2.05, 4.69) is 41.0 Å². The summed E-state index contributed by atoms with van der Waals surface area (Å²) < 4.78 is 5.66. The van der Waals surface area contributed by atoms with Gasteiger partial charge in [0.15, 0.2) is 0 Å². The average Bonchev–Trinajstić information content (AvgIpc) is 2.72. The summed E-state index contributed by atoms with van der Waals surface area (Å²) in [6.45, 7) is 7.14. The van der Waals surface area contributed by atoms with E-state index in [1.807, 2.05) is 42.1 Å². The monoisotopic (exact) mass is 386 g/mol. The van der Waals surface area contributed by atoms with E-state index in [1.165, 1.54) is 17.0 Å². The number of aliphatic hydroxyl groups excluding tert-OH is 1. The van der Waals surface area contributed by atoms with Crippen LogP contribution in [0.1, 0.15) is 13.3 Å². The summed E-state index contributed by atoms with van der Waals surface area (Å²) in [5.74, 6) is 1.97. The molecule has 1 aliphatic rings. The van der Waals surface area contributed by atoms with Gasteiger partial charge in [0.2, 0.25) is 0 Å². The van der Waals surface area contributed by atoms with Gasteiger partial charge < -0.3 is 14.7 Å². The molecule has 146 valence electrons. The van der Waals surface area contributed by atoms with Crippen molar-refractivity contribution < 1.29 is 9.84 Å². The zero-order valence-corrected chi connectivity index (χ0v) is 16.9. The molecule has 0 radical (unpaired) electrons. The molecule has 0 unspecified atom stereocenters. The number of nitrogens with zero attached hydrogens (tertiary/aromatic N) is 2. The van der Waals surface area contributed by atoms with E-state index in [1.54, 1.807) is 0 Å². The lowest BCUT2D eigenvalue weighted by molar-refractivity contribution is 0.0663. The van der Waals surface area contributed by atoms with Gasteiger partial charge in [-0.3, -0.25) is 4.90 Å².